The van der Waals surface area contributed by atoms with Crippen LogP contribution in [0.25, 0.3) is 11.0 Å². The van der Waals surface area contributed by atoms with E-state index < -0.39 is 0 Å². The van der Waals surface area contributed by atoms with Crippen LogP contribution < -0.4 is 9.47 Å². The molecule has 0 bridgehead atoms. The van der Waals surface area contributed by atoms with Crippen molar-refractivity contribution >= 4 is 16.9 Å². The zero-order valence-corrected chi connectivity index (χ0v) is 19.6. The zero-order valence-electron chi connectivity index (χ0n) is 19.6. The lowest BCUT2D eigenvalue weighted by atomic mass is 10.1. The summed E-state index contributed by atoms with van der Waals surface area (Å²) >= 11 is 0. The van der Waals surface area contributed by atoms with Crippen molar-refractivity contribution in [2.45, 2.75) is 13.1 Å². The number of hydrogen-bond donors (Lipinski definition) is 0. The lowest BCUT2D eigenvalue weighted by Crippen LogP contribution is -2.30. The van der Waals surface area contributed by atoms with Gasteiger partial charge in [0.25, 0.3) is 5.91 Å². The standard InChI is InChI=1S/C27H25N5O3/c1-4-11-31(17-20-7-5-19(14-28)6-8-20)27(33)23-12-22-16-30-32(26(22)29-15-23)18-21-9-10-24(34-2)13-25(21)35-3/h4-10,12-13,15-16H,1,11,17-18H2,2-3H3. The number of ether oxygens (including phenoxy) is 2. The average Bonchev–Trinajstić information content (AvgIpc) is 3.30. The Morgan fingerprint density at radius 3 is 2.63 bits per heavy atom. The van der Waals surface area contributed by atoms with Crippen LogP contribution in [0.1, 0.15) is 27.0 Å². The molecule has 0 unspecified atom stereocenters. The van der Waals surface area contributed by atoms with Gasteiger partial charge in [-0.3, -0.25) is 4.79 Å². The Labute approximate surface area is 203 Å². The lowest BCUT2D eigenvalue weighted by Gasteiger charge is -2.21. The average molecular weight is 468 g/mol. The van der Waals surface area contributed by atoms with Gasteiger partial charge in [-0.15, -0.1) is 6.58 Å². The molecule has 0 aliphatic carbocycles. The number of benzene rings is 2. The Morgan fingerprint density at radius 1 is 1.14 bits per heavy atom. The van der Waals surface area contributed by atoms with Gasteiger partial charge in [0, 0.05) is 36.3 Å². The van der Waals surface area contributed by atoms with E-state index in [0.717, 1.165) is 16.5 Å². The largest absolute Gasteiger partial charge is 0.497 e. The number of methoxy groups -OCH3 is 2. The van der Waals surface area contributed by atoms with E-state index in [2.05, 4.69) is 22.7 Å². The number of nitrogens with zero attached hydrogens (tertiary/aromatic N) is 5. The number of carbonyl (C=O) groups excluding carboxylic acids is 1. The van der Waals surface area contributed by atoms with Crippen LogP contribution >= 0.6 is 0 Å². The van der Waals surface area contributed by atoms with Crippen LogP contribution in [-0.2, 0) is 13.1 Å². The van der Waals surface area contributed by atoms with Crippen molar-refractivity contribution in [3.8, 4) is 17.6 Å². The van der Waals surface area contributed by atoms with Gasteiger partial charge >= 0.3 is 0 Å². The molecule has 2 aromatic heterocycles. The molecule has 2 heterocycles. The summed E-state index contributed by atoms with van der Waals surface area (Å²) in [5.74, 6) is 1.25. The van der Waals surface area contributed by atoms with E-state index in [1.165, 1.54) is 0 Å². The first-order valence-corrected chi connectivity index (χ1v) is 11.0. The van der Waals surface area contributed by atoms with E-state index in [9.17, 15) is 4.79 Å². The van der Waals surface area contributed by atoms with Gasteiger partial charge < -0.3 is 14.4 Å². The molecule has 1 amide bonds. The summed E-state index contributed by atoms with van der Waals surface area (Å²) in [7, 11) is 3.22. The molecule has 4 rings (SSSR count). The maximum atomic E-state index is 13.3. The highest BCUT2D eigenvalue weighted by Crippen LogP contribution is 2.26. The second-order valence-electron chi connectivity index (χ2n) is 7.90. The molecule has 0 saturated carbocycles. The van der Waals surface area contributed by atoms with Crippen LogP contribution in [-0.4, -0.2) is 46.3 Å². The fraction of sp³-hybridized carbons (Fsp3) is 0.185. The Balaban J connectivity index is 1.56. The number of carbonyl (C=O) groups is 1. The maximum absolute atomic E-state index is 13.3. The van der Waals surface area contributed by atoms with Gasteiger partial charge in [-0.25, -0.2) is 9.67 Å². The summed E-state index contributed by atoms with van der Waals surface area (Å²) in [5.41, 5.74) is 3.57. The third-order valence-electron chi connectivity index (χ3n) is 5.63. The molecule has 4 aromatic rings. The van der Waals surface area contributed by atoms with Crippen molar-refractivity contribution in [2.75, 3.05) is 20.8 Å². The molecule has 0 N–H and O–H groups in total. The van der Waals surface area contributed by atoms with Gasteiger partial charge in [-0.1, -0.05) is 18.2 Å². The second-order valence-corrected chi connectivity index (χ2v) is 7.90. The number of aromatic nitrogens is 3. The van der Waals surface area contributed by atoms with Crippen molar-refractivity contribution in [1.29, 1.82) is 5.26 Å². The van der Waals surface area contributed by atoms with Crippen LogP contribution in [0.3, 0.4) is 0 Å². The van der Waals surface area contributed by atoms with Gasteiger partial charge in [-0.2, -0.15) is 10.4 Å². The Hall–Kier alpha value is -4.64. The molecule has 0 aliphatic rings. The quantitative estimate of drug-likeness (QED) is 0.343. The van der Waals surface area contributed by atoms with E-state index in [0.29, 0.717) is 47.9 Å². The first kappa shape index (κ1) is 23.5. The first-order chi connectivity index (χ1) is 17.1. The van der Waals surface area contributed by atoms with Crippen LogP contribution in [0.2, 0.25) is 0 Å². The molecule has 0 atom stereocenters. The number of rotatable bonds is 9. The van der Waals surface area contributed by atoms with E-state index in [-0.39, 0.29) is 5.91 Å². The molecule has 2 aromatic carbocycles. The smallest absolute Gasteiger partial charge is 0.256 e. The van der Waals surface area contributed by atoms with Crippen LogP contribution in [0.4, 0.5) is 0 Å². The summed E-state index contributed by atoms with van der Waals surface area (Å²) in [5, 5.41) is 14.2. The van der Waals surface area contributed by atoms with E-state index in [1.807, 2.05) is 30.3 Å². The molecule has 0 radical (unpaired) electrons. The predicted molar refractivity (Wildman–Crippen MR) is 132 cm³/mol. The van der Waals surface area contributed by atoms with Crippen molar-refractivity contribution < 1.29 is 14.3 Å². The molecular weight excluding hydrogens is 442 g/mol. The van der Waals surface area contributed by atoms with Crippen molar-refractivity contribution in [3.63, 3.8) is 0 Å². The van der Waals surface area contributed by atoms with Crippen LogP contribution in [0.5, 0.6) is 11.5 Å². The fourth-order valence-electron chi connectivity index (χ4n) is 3.81. The van der Waals surface area contributed by atoms with Gasteiger partial charge in [-0.05, 0) is 35.9 Å². The highest BCUT2D eigenvalue weighted by Gasteiger charge is 2.18. The zero-order chi connectivity index (χ0) is 24.8. The van der Waals surface area contributed by atoms with Gasteiger partial charge in [0.15, 0.2) is 5.65 Å². The van der Waals surface area contributed by atoms with E-state index in [1.54, 1.807) is 60.5 Å². The van der Waals surface area contributed by atoms with Gasteiger partial charge in [0.2, 0.25) is 0 Å². The molecule has 8 heteroatoms. The molecule has 0 saturated heterocycles. The Bertz CT molecular complexity index is 1400. The molecular formula is C27H25N5O3. The maximum Gasteiger partial charge on any atom is 0.256 e. The molecule has 0 aliphatic heterocycles. The minimum absolute atomic E-state index is 0.159. The second kappa shape index (κ2) is 10.5. The van der Waals surface area contributed by atoms with Crippen molar-refractivity contribution in [1.82, 2.24) is 19.7 Å². The minimum Gasteiger partial charge on any atom is -0.497 e. The number of pyridine rings is 1. The fourth-order valence-corrected chi connectivity index (χ4v) is 3.81. The third-order valence-corrected chi connectivity index (χ3v) is 5.63. The van der Waals surface area contributed by atoms with Crippen LogP contribution in [0, 0.1) is 11.3 Å². The number of hydrogen-bond acceptors (Lipinski definition) is 6. The monoisotopic (exact) mass is 467 g/mol. The van der Waals surface area contributed by atoms with E-state index >= 15 is 0 Å². The molecule has 8 nitrogen and oxygen atoms in total. The molecule has 176 valence electrons. The predicted octanol–water partition coefficient (Wildman–Crippen LogP) is 4.20. The van der Waals surface area contributed by atoms with Crippen LogP contribution in [0.15, 0.2) is 73.6 Å². The molecule has 35 heavy (non-hydrogen) atoms. The minimum atomic E-state index is -0.159. The SMILES string of the molecule is C=CCN(Cc1ccc(C#N)cc1)C(=O)c1cnc2c(cnn2Cc2ccc(OC)cc2OC)c1. The van der Waals surface area contributed by atoms with Gasteiger partial charge in [0.05, 0.1) is 44.2 Å². The summed E-state index contributed by atoms with van der Waals surface area (Å²) in [6.45, 7) is 5.01. The molecule has 0 fully saturated rings. The molecule has 0 spiro atoms. The highest BCUT2D eigenvalue weighted by molar-refractivity contribution is 5.96. The highest BCUT2D eigenvalue weighted by atomic mass is 16.5. The number of amides is 1. The Kier molecular flexibility index (Phi) is 7.07. The van der Waals surface area contributed by atoms with E-state index in [4.69, 9.17) is 14.7 Å². The summed E-state index contributed by atoms with van der Waals surface area (Å²) in [6, 6.07) is 16.7. The topological polar surface area (TPSA) is 93.3 Å². The first-order valence-electron chi connectivity index (χ1n) is 11.0. The number of nitriles is 1. The van der Waals surface area contributed by atoms with Crippen molar-refractivity contribution in [3.05, 3.63) is 95.8 Å². The third kappa shape index (κ3) is 5.14. The normalized spacial score (nSPS) is 10.5. The van der Waals surface area contributed by atoms with Crippen molar-refractivity contribution in [2.24, 2.45) is 0 Å². The summed E-state index contributed by atoms with van der Waals surface area (Å²) < 4.78 is 12.5. The summed E-state index contributed by atoms with van der Waals surface area (Å²) in [6.07, 6.45) is 4.96. The Morgan fingerprint density at radius 2 is 1.94 bits per heavy atom. The summed E-state index contributed by atoms with van der Waals surface area (Å²) in [4.78, 5) is 19.5. The van der Waals surface area contributed by atoms with Gasteiger partial charge in [0.1, 0.15) is 11.5 Å². The lowest BCUT2D eigenvalue weighted by molar-refractivity contribution is 0.0762. The number of fused-ring (bicyclic) bond motifs is 1.